The van der Waals surface area contributed by atoms with Crippen molar-refractivity contribution >= 4 is 11.9 Å². The molecule has 0 unspecified atom stereocenters. The number of hydrogen-bond donors (Lipinski definition) is 2. The van der Waals surface area contributed by atoms with Crippen LogP contribution in [0.4, 0.5) is 0 Å². The molecular weight excluding hydrogens is 274 g/mol. The van der Waals surface area contributed by atoms with E-state index in [4.69, 9.17) is 4.74 Å². The third-order valence-electron chi connectivity index (χ3n) is 4.77. The normalized spacial score (nSPS) is 30.7. The van der Waals surface area contributed by atoms with Crippen molar-refractivity contribution in [2.24, 2.45) is 10.8 Å². The molecule has 2 N–H and O–H groups in total. The maximum atomic E-state index is 11.4. The van der Waals surface area contributed by atoms with Crippen LogP contribution in [-0.2, 0) is 16.1 Å². The van der Waals surface area contributed by atoms with Gasteiger partial charge >= 0.3 is 11.9 Å². The van der Waals surface area contributed by atoms with Gasteiger partial charge in [-0.1, -0.05) is 12.1 Å². The van der Waals surface area contributed by atoms with Gasteiger partial charge in [0.05, 0.1) is 17.9 Å². The minimum atomic E-state index is -1.11. The highest BCUT2D eigenvalue weighted by Gasteiger charge is 2.80. The van der Waals surface area contributed by atoms with E-state index in [1.807, 2.05) is 29.2 Å². The van der Waals surface area contributed by atoms with Crippen molar-refractivity contribution in [2.75, 3.05) is 20.2 Å². The molecule has 1 saturated heterocycles. The average Bonchev–Trinajstić information content (AvgIpc) is 3.00. The standard InChI is InChI=1S/C15H17NO5/c1-21-11-4-2-10(3-5-11)6-16-8-14(12(17)18)7-15(14,9-16)13(19)20/h2-5H,6-9H2,1H3,(H,17,18)(H,19,20)/t14-,15+. The van der Waals surface area contributed by atoms with Gasteiger partial charge < -0.3 is 14.9 Å². The number of carboxylic acids is 2. The van der Waals surface area contributed by atoms with Crippen LogP contribution in [0.1, 0.15) is 12.0 Å². The van der Waals surface area contributed by atoms with Crippen LogP contribution in [0, 0.1) is 10.8 Å². The highest BCUT2D eigenvalue weighted by molar-refractivity contribution is 5.94. The number of aliphatic carboxylic acids is 2. The lowest BCUT2D eigenvalue weighted by Crippen LogP contribution is -2.28. The molecule has 0 spiro atoms. The van der Waals surface area contributed by atoms with Crippen molar-refractivity contribution in [2.45, 2.75) is 13.0 Å². The third-order valence-corrected chi connectivity index (χ3v) is 4.77. The van der Waals surface area contributed by atoms with Gasteiger partial charge in [-0.05, 0) is 24.1 Å². The Hall–Kier alpha value is -2.08. The molecule has 0 amide bonds. The zero-order valence-electron chi connectivity index (χ0n) is 11.7. The first kappa shape index (κ1) is 13.9. The van der Waals surface area contributed by atoms with Gasteiger partial charge in [-0.2, -0.15) is 0 Å². The second kappa shape index (κ2) is 4.46. The number of likely N-dealkylation sites (tertiary alicyclic amines) is 1. The zero-order valence-corrected chi connectivity index (χ0v) is 11.7. The summed E-state index contributed by atoms with van der Waals surface area (Å²) in [6.07, 6.45) is 0.240. The fourth-order valence-corrected chi connectivity index (χ4v) is 3.50. The quantitative estimate of drug-likeness (QED) is 0.843. The molecule has 21 heavy (non-hydrogen) atoms. The molecule has 0 bridgehead atoms. The van der Waals surface area contributed by atoms with Gasteiger partial charge in [0, 0.05) is 19.6 Å². The summed E-state index contributed by atoms with van der Waals surface area (Å²) in [6, 6.07) is 7.49. The Morgan fingerprint density at radius 1 is 1.14 bits per heavy atom. The second-order valence-corrected chi connectivity index (χ2v) is 5.94. The predicted molar refractivity (Wildman–Crippen MR) is 73.0 cm³/mol. The van der Waals surface area contributed by atoms with Crippen molar-refractivity contribution in [1.29, 1.82) is 0 Å². The number of carboxylic acid groups (broad SMARTS) is 2. The van der Waals surface area contributed by atoms with E-state index in [0.29, 0.717) is 19.6 Å². The van der Waals surface area contributed by atoms with Crippen molar-refractivity contribution < 1.29 is 24.5 Å². The summed E-state index contributed by atoms with van der Waals surface area (Å²) in [5, 5.41) is 18.7. The molecular formula is C15H17NO5. The first-order chi connectivity index (χ1) is 9.93. The van der Waals surface area contributed by atoms with E-state index < -0.39 is 22.8 Å². The van der Waals surface area contributed by atoms with E-state index >= 15 is 0 Å². The van der Waals surface area contributed by atoms with E-state index in [2.05, 4.69) is 0 Å². The zero-order chi connectivity index (χ0) is 15.3. The highest BCUT2D eigenvalue weighted by atomic mass is 16.5. The Kier molecular flexibility index (Phi) is 2.95. The lowest BCUT2D eigenvalue weighted by atomic mass is 9.97. The number of fused-ring (bicyclic) bond motifs is 1. The van der Waals surface area contributed by atoms with Crippen LogP contribution < -0.4 is 4.74 Å². The average molecular weight is 291 g/mol. The summed E-state index contributed by atoms with van der Waals surface area (Å²) in [5.41, 5.74) is -1.20. The van der Waals surface area contributed by atoms with E-state index in [1.54, 1.807) is 7.11 Å². The molecule has 1 aliphatic carbocycles. The Labute approximate surface area is 121 Å². The maximum absolute atomic E-state index is 11.4. The van der Waals surface area contributed by atoms with Gasteiger partial charge in [0.2, 0.25) is 0 Å². The SMILES string of the molecule is COc1ccc(CN2C[C@@]3(C(=O)O)C[C@@]3(C(=O)O)C2)cc1. The van der Waals surface area contributed by atoms with Gasteiger partial charge in [-0.15, -0.1) is 0 Å². The van der Waals surface area contributed by atoms with Crippen molar-refractivity contribution in [3.63, 3.8) is 0 Å². The fourth-order valence-electron chi connectivity index (χ4n) is 3.50. The van der Waals surface area contributed by atoms with Gasteiger partial charge in [0.25, 0.3) is 0 Å². The van der Waals surface area contributed by atoms with Crippen LogP contribution in [0.2, 0.25) is 0 Å². The molecule has 1 saturated carbocycles. The second-order valence-electron chi connectivity index (χ2n) is 5.94. The maximum Gasteiger partial charge on any atom is 0.312 e. The van der Waals surface area contributed by atoms with E-state index in [1.165, 1.54) is 0 Å². The number of ether oxygens (including phenoxy) is 1. The molecule has 6 nitrogen and oxygen atoms in total. The molecule has 3 rings (SSSR count). The molecule has 2 atom stereocenters. The molecule has 0 aromatic heterocycles. The van der Waals surface area contributed by atoms with Crippen LogP contribution in [0.25, 0.3) is 0 Å². The van der Waals surface area contributed by atoms with Crippen LogP contribution in [0.15, 0.2) is 24.3 Å². The van der Waals surface area contributed by atoms with Crippen molar-refractivity contribution in [3.8, 4) is 5.75 Å². The number of piperidine rings is 1. The molecule has 1 aromatic rings. The summed E-state index contributed by atoms with van der Waals surface area (Å²) in [7, 11) is 1.59. The Balaban J connectivity index is 1.74. The first-order valence-electron chi connectivity index (χ1n) is 6.76. The van der Waals surface area contributed by atoms with E-state index in [-0.39, 0.29) is 6.42 Å². The molecule has 2 fully saturated rings. The van der Waals surface area contributed by atoms with Crippen LogP contribution >= 0.6 is 0 Å². The number of carbonyl (C=O) groups is 2. The summed E-state index contributed by atoms with van der Waals surface area (Å²) < 4.78 is 5.09. The van der Waals surface area contributed by atoms with Crippen molar-refractivity contribution in [1.82, 2.24) is 4.90 Å². The molecule has 1 heterocycles. The summed E-state index contributed by atoms with van der Waals surface area (Å²) in [6.45, 7) is 1.13. The van der Waals surface area contributed by atoms with Gasteiger partial charge in [0.1, 0.15) is 5.75 Å². The molecule has 2 aliphatic rings. The third kappa shape index (κ3) is 1.90. The lowest BCUT2D eigenvalue weighted by molar-refractivity contribution is -0.151. The van der Waals surface area contributed by atoms with E-state index in [0.717, 1.165) is 11.3 Å². The van der Waals surface area contributed by atoms with E-state index in [9.17, 15) is 19.8 Å². The summed E-state index contributed by atoms with van der Waals surface area (Å²) in [5.74, 6) is -1.24. The number of nitrogens with zero attached hydrogens (tertiary/aromatic N) is 1. The monoisotopic (exact) mass is 291 g/mol. The topological polar surface area (TPSA) is 87.1 Å². The van der Waals surface area contributed by atoms with Crippen LogP contribution in [-0.4, -0.2) is 47.3 Å². The highest BCUT2D eigenvalue weighted by Crippen LogP contribution is 2.68. The smallest absolute Gasteiger partial charge is 0.312 e. The molecule has 6 heteroatoms. The Morgan fingerprint density at radius 3 is 2.10 bits per heavy atom. The Morgan fingerprint density at radius 2 is 1.67 bits per heavy atom. The van der Waals surface area contributed by atoms with Gasteiger partial charge in [-0.3, -0.25) is 14.5 Å². The summed E-state index contributed by atoms with van der Waals surface area (Å²) in [4.78, 5) is 24.8. The number of benzene rings is 1. The minimum absolute atomic E-state index is 0.240. The first-order valence-corrected chi connectivity index (χ1v) is 6.76. The molecule has 1 aromatic carbocycles. The van der Waals surface area contributed by atoms with Crippen LogP contribution in [0.5, 0.6) is 5.75 Å². The van der Waals surface area contributed by atoms with Gasteiger partial charge in [0.15, 0.2) is 0 Å². The summed E-state index contributed by atoms with van der Waals surface area (Å²) >= 11 is 0. The van der Waals surface area contributed by atoms with Crippen LogP contribution in [0.3, 0.4) is 0 Å². The fraction of sp³-hybridized carbons (Fsp3) is 0.467. The van der Waals surface area contributed by atoms with Gasteiger partial charge in [-0.25, -0.2) is 0 Å². The lowest BCUT2D eigenvalue weighted by Gasteiger charge is -2.19. The Bertz CT molecular complexity index is 571. The largest absolute Gasteiger partial charge is 0.497 e. The number of rotatable bonds is 5. The predicted octanol–water partition coefficient (Wildman–Crippen LogP) is 1.06. The molecule has 1 aliphatic heterocycles. The minimum Gasteiger partial charge on any atom is -0.497 e. The number of methoxy groups -OCH3 is 1. The number of hydrogen-bond acceptors (Lipinski definition) is 4. The molecule has 0 radical (unpaired) electrons. The molecule has 112 valence electrons. The van der Waals surface area contributed by atoms with Crippen molar-refractivity contribution in [3.05, 3.63) is 29.8 Å².